The van der Waals surface area contributed by atoms with Crippen molar-refractivity contribution in [3.8, 4) is 0 Å². The second-order valence-electron chi connectivity index (χ2n) is 4.25. The van der Waals surface area contributed by atoms with Gasteiger partial charge >= 0.3 is 0 Å². The number of likely N-dealkylation sites (N-methyl/N-ethyl adjacent to an activating group) is 1. The number of amides is 1. The largest absolute Gasteiger partial charge is 0.369 e. The van der Waals surface area contributed by atoms with Crippen molar-refractivity contribution in [3.63, 3.8) is 0 Å². The first-order chi connectivity index (χ1) is 8.02. The van der Waals surface area contributed by atoms with Crippen LogP contribution in [0.3, 0.4) is 0 Å². The molecular formula is C13H19ClN2O. The highest BCUT2D eigenvalue weighted by molar-refractivity contribution is 6.30. The van der Waals surface area contributed by atoms with E-state index in [2.05, 4.69) is 13.0 Å². The maximum atomic E-state index is 10.9. The van der Waals surface area contributed by atoms with E-state index in [-0.39, 0.29) is 5.91 Å². The number of benzene rings is 1. The van der Waals surface area contributed by atoms with Gasteiger partial charge in [0.05, 0.1) is 6.54 Å². The molecule has 94 valence electrons. The van der Waals surface area contributed by atoms with Gasteiger partial charge in [0, 0.05) is 11.6 Å². The SMILES string of the molecule is CCN(CC(N)=O)C[C@@H](C)c1cccc(Cl)c1. The zero-order valence-electron chi connectivity index (χ0n) is 10.3. The van der Waals surface area contributed by atoms with Gasteiger partial charge in [-0.2, -0.15) is 0 Å². The lowest BCUT2D eigenvalue weighted by atomic mass is 10.0. The third kappa shape index (κ3) is 4.75. The molecule has 0 saturated carbocycles. The average Bonchev–Trinajstić information content (AvgIpc) is 2.27. The van der Waals surface area contributed by atoms with Gasteiger partial charge in [-0.15, -0.1) is 0 Å². The summed E-state index contributed by atoms with van der Waals surface area (Å²) >= 11 is 5.96. The molecule has 0 aliphatic carbocycles. The van der Waals surface area contributed by atoms with Gasteiger partial charge in [-0.3, -0.25) is 9.69 Å². The van der Waals surface area contributed by atoms with E-state index in [1.165, 1.54) is 5.56 Å². The van der Waals surface area contributed by atoms with Crippen LogP contribution in [0, 0.1) is 0 Å². The predicted octanol–water partition coefficient (Wildman–Crippen LogP) is 2.25. The molecule has 1 aromatic carbocycles. The fraction of sp³-hybridized carbons (Fsp3) is 0.462. The van der Waals surface area contributed by atoms with Crippen molar-refractivity contribution in [1.82, 2.24) is 4.90 Å². The van der Waals surface area contributed by atoms with Gasteiger partial charge < -0.3 is 5.73 Å². The number of carbonyl (C=O) groups is 1. The van der Waals surface area contributed by atoms with Crippen molar-refractivity contribution >= 4 is 17.5 Å². The van der Waals surface area contributed by atoms with Crippen molar-refractivity contribution in [3.05, 3.63) is 34.9 Å². The Morgan fingerprint density at radius 1 is 1.53 bits per heavy atom. The minimum atomic E-state index is -0.287. The fourth-order valence-corrected chi connectivity index (χ4v) is 2.03. The summed E-state index contributed by atoms with van der Waals surface area (Å²) in [4.78, 5) is 12.9. The van der Waals surface area contributed by atoms with E-state index in [0.717, 1.165) is 18.1 Å². The van der Waals surface area contributed by atoms with Crippen molar-refractivity contribution in [2.24, 2.45) is 5.73 Å². The minimum absolute atomic E-state index is 0.287. The van der Waals surface area contributed by atoms with Crippen molar-refractivity contribution < 1.29 is 4.79 Å². The van der Waals surface area contributed by atoms with Gasteiger partial charge in [-0.05, 0) is 30.2 Å². The number of hydrogen-bond acceptors (Lipinski definition) is 2. The fourth-order valence-electron chi connectivity index (χ4n) is 1.83. The van der Waals surface area contributed by atoms with E-state index in [9.17, 15) is 4.79 Å². The third-order valence-electron chi connectivity index (χ3n) is 2.78. The van der Waals surface area contributed by atoms with Crippen LogP contribution >= 0.6 is 11.6 Å². The molecule has 0 saturated heterocycles. The first-order valence-electron chi connectivity index (χ1n) is 5.79. The van der Waals surface area contributed by atoms with Crippen molar-refractivity contribution in [2.75, 3.05) is 19.6 Å². The highest BCUT2D eigenvalue weighted by atomic mass is 35.5. The number of primary amides is 1. The third-order valence-corrected chi connectivity index (χ3v) is 3.01. The summed E-state index contributed by atoms with van der Waals surface area (Å²) in [6, 6.07) is 7.82. The van der Waals surface area contributed by atoms with Crippen LogP contribution in [0.1, 0.15) is 25.3 Å². The molecule has 0 aliphatic rings. The van der Waals surface area contributed by atoms with Gasteiger partial charge in [-0.1, -0.05) is 37.6 Å². The molecule has 0 heterocycles. The Morgan fingerprint density at radius 3 is 2.76 bits per heavy atom. The normalized spacial score (nSPS) is 12.7. The summed E-state index contributed by atoms with van der Waals surface area (Å²) in [6.07, 6.45) is 0. The van der Waals surface area contributed by atoms with Gasteiger partial charge in [-0.25, -0.2) is 0 Å². The molecule has 3 nitrogen and oxygen atoms in total. The Bertz CT molecular complexity index is 381. The Kier molecular flexibility index (Phi) is 5.45. The molecule has 4 heteroatoms. The first-order valence-corrected chi connectivity index (χ1v) is 6.16. The van der Waals surface area contributed by atoms with Gasteiger partial charge in [0.25, 0.3) is 0 Å². The second-order valence-corrected chi connectivity index (χ2v) is 4.69. The van der Waals surface area contributed by atoms with E-state index >= 15 is 0 Å². The van der Waals surface area contributed by atoms with Crippen LogP contribution in [0.15, 0.2) is 24.3 Å². The lowest BCUT2D eigenvalue weighted by Crippen LogP contribution is -2.36. The standard InChI is InChI=1S/C13H19ClN2O/c1-3-16(9-13(15)17)8-10(2)11-5-4-6-12(14)7-11/h4-7,10H,3,8-9H2,1-2H3,(H2,15,17)/t10-/m1/s1. The topological polar surface area (TPSA) is 46.3 Å². The zero-order valence-corrected chi connectivity index (χ0v) is 11.1. The minimum Gasteiger partial charge on any atom is -0.369 e. The molecule has 1 amide bonds. The summed E-state index contributed by atoms with van der Waals surface area (Å²) in [7, 11) is 0. The van der Waals surface area contributed by atoms with Crippen LogP contribution in [-0.4, -0.2) is 30.4 Å². The summed E-state index contributed by atoms with van der Waals surface area (Å²) < 4.78 is 0. The molecule has 0 fully saturated rings. The molecule has 0 radical (unpaired) electrons. The van der Waals surface area contributed by atoms with Gasteiger partial charge in [0.2, 0.25) is 5.91 Å². The first kappa shape index (κ1) is 14.0. The Labute approximate surface area is 108 Å². The Hall–Kier alpha value is -1.06. The number of nitrogens with two attached hydrogens (primary N) is 1. The lowest BCUT2D eigenvalue weighted by molar-refractivity contribution is -0.119. The molecule has 17 heavy (non-hydrogen) atoms. The zero-order chi connectivity index (χ0) is 12.8. The molecule has 1 atom stereocenters. The number of rotatable bonds is 6. The lowest BCUT2D eigenvalue weighted by Gasteiger charge is -2.23. The molecule has 2 N–H and O–H groups in total. The van der Waals surface area contributed by atoms with E-state index < -0.39 is 0 Å². The smallest absolute Gasteiger partial charge is 0.231 e. The second kappa shape index (κ2) is 6.62. The van der Waals surface area contributed by atoms with E-state index in [0.29, 0.717) is 12.5 Å². The number of hydrogen-bond donors (Lipinski definition) is 1. The number of halogens is 1. The van der Waals surface area contributed by atoms with E-state index in [1.54, 1.807) is 0 Å². The highest BCUT2D eigenvalue weighted by Gasteiger charge is 2.12. The van der Waals surface area contributed by atoms with Crippen LogP contribution in [0.4, 0.5) is 0 Å². The maximum absolute atomic E-state index is 10.9. The predicted molar refractivity (Wildman–Crippen MR) is 71.2 cm³/mol. The Balaban J connectivity index is 2.63. The molecule has 0 spiro atoms. The van der Waals surface area contributed by atoms with Gasteiger partial charge in [0.1, 0.15) is 0 Å². The van der Waals surface area contributed by atoms with Crippen LogP contribution in [-0.2, 0) is 4.79 Å². The van der Waals surface area contributed by atoms with Crippen molar-refractivity contribution in [2.45, 2.75) is 19.8 Å². The number of nitrogens with zero attached hydrogens (tertiary/aromatic N) is 1. The molecule has 1 rings (SSSR count). The summed E-state index contributed by atoms with van der Waals surface area (Å²) in [5.74, 6) is 0.0399. The molecule has 0 aliphatic heterocycles. The Morgan fingerprint density at radius 2 is 2.24 bits per heavy atom. The summed E-state index contributed by atoms with van der Waals surface area (Å²) in [5.41, 5.74) is 6.39. The van der Waals surface area contributed by atoms with Crippen LogP contribution in [0.2, 0.25) is 5.02 Å². The number of carbonyl (C=O) groups excluding carboxylic acids is 1. The average molecular weight is 255 g/mol. The molecular weight excluding hydrogens is 236 g/mol. The summed E-state index contributed by atoms with van der Waals surface area (Å²) in [5, 5.41) is 0.743. The molecule has 0 bridgehead atoms. The maximum Gasteiger partial charge on any atom is 0.231 e. The van der Waals surface area contributed by atoms with Crippen LogP contribution < -0.4 is 5.73 Å². The van der Waals surface area contributed by atoms with Crippen LogP contribution in [0.5, 0.6) is 0 Å². The molecule has 1 aromatic rings. The van der Waals surface area contributed by atoms with Crippen molar-refractivity contribution in [1.29, 1.82) is 0 Å². The monoisotopic (exact) mass is 254 g/mol. The molecule has 0 aromatic heterocycles. The van der Waals surface area contributed by atoms with Crippen LogP contribution in [0.25, 0.3) is 0 Å². The van der Waals surface area contributed by atoms with E-state index in [1.807, 2.05) is 30.0 Å². The molecule has 0 unspecified atom stereocenters. The van der Waals surface area contributed by atoms with E-state index in [4.69, 9.17) is 17.3 Å². The van der Waals surface area contributed by atoms with Gasteiger partial charge in [0.15, 0.2) is 0 Å². The quantitative estimate of drug-likeness (QED) is 0.846. The summed E-state index contributed by atoms with van der Waals surface area (Å²) in [6.45, 7) is 6.07. The highest BCUT2D eigenvalue weighted by Crippen LogP contribution is 2.20.